The van der Waals surface area contributed by atoms with Gasteiger partial charge in [-0.3, -0.25) is 0 Å². The summed E-state index contributed by atoms with van der Waals surface area (Å²) in [7, 11) is -0.0869. The quantitative estimate of drug-likeness (QED) is 0.726. The van der Waals surface area contributed by atoms with E-state index in [9.17, 15) is 0 Å². The highest BCUT2D eigenvalue weighted by Gasteiger charge is 2.05. The Kier molecular flexibility index (Phi) is 2.57. The molecule has 1 aliphatic heterocycles. The van der Waals surface area contributed by atoms with E-state index < -0.39 is 0 Å². The fourth-order valence-corrected chi connectivity index (χ4v) is 2.41. The molecule has 3 heteroatoms. The van der Waals surface area contributed by atoms with Crippen LogP contribution in [0.5, 0.6) is 0 Å². The molecule has 0 radical (unpaired) electrons. The zero-order valence-electron chi connectivity index (χ0n) is 7.53. The summed E-state index contributed by atoms with van der Waals surface area (Å²) < 4.78 is 7.91. The van der Waals surface area contributed by atoms with Gasteiger partial charge in [0.15, 0.2) is 0 Å². The van der Waals surface area contributed by atoms with E-state index in [1.54, 1.807) is 0 Å². The molecule has 1 heterocycles. The first kappa shape index (κ1) is 8.66. The second-order valence-corrected chi connectivity index (χ2v) is 4.56. The molecule has 0 fully saturated rings. The molecule has 0 saturated carbocycles. The van der Waals surface area contributed by atoms with Crippen LogP contribution in [0.1, 0.15) is 6.92 Å². The molecule has 1 aromatic rings. The molecule has 0 aromatic heterocycles. The van der Waals surface area contributed by atoms with Crippen molar-refractivity contribution in [3.8, 4) is 0 Å². The minimum absolute atomic E-state index is 0.0869. The standard InChI is InChI=1S/C10H12N2S/c1-9-7-8-11-13(9)12-10-5-3-2-4-6-10/h2-7H,8H2,1H3,(H,11,12). The van der Waals surface area contributed by atoms with Crippen molar-refractivity contribution in [3.63, 3.8) is 0 Å². The lowest BCUT2D eigenvalue weighted by Crippen LogP contribution is -2.08. The van der Waals surface area contributed by atoms with Crippen LogP contribution in [0.4, 0.5) is 5.69 Å². The van der Waals surface area contributed by atoms with Gasteiger partial charge in [-0.2, -0.15) is 0 Å². The third-order valence-corrected chi connectivity index (χ3v) is 3.48. The Morgan fingerprint density at radius 1 is 1.31 bits per heavy atom. The smallest absolute Gasteiger partial charge is 0.0721 e. The van der Waals surface area contributed by atoms with Crippen LogP contribution in [0.15, 0.2) is 45.7 Å². The summed E-state index contributed by atoms with van der Waals surface area (Å²) in [6.45, 7) is 3.07. The number of rotatable bonds is 1. The average molecular weight is 192 g/mol. The molecule has 1 N–H and O–H groups in total. The summed E-state index contributed by atoms with van der Waals surface area (Å²) in [5, 5.41) is 0. The van der Waals surface area contributed by atoms with Crippen LogP contribution in [0, 0.1) is 0 Å². The molecule has 0 amide bonds. The molecule has 1 unspecified atom stereocenters. The highest BCUT2D eigenvalue weighted by atomic mass is 32.2. The van der Waals surface area contributed by atoms with Crippen molar-refractivity contribution in [1.82, 2.24) is 4.72 Å². The van der Waals surface area contributed by atoms with E-state index in [1.165, 1.54) is 4.91 Å². The Bertz CT molecular complexity index is 354. The lowest BCUT2D eigenvalue weighted by Gasteiger charge is -2.00. The summed E-state index contributed by atoms with van der Waals surface area (Å²) in [6, 6.07) is 10.1. The molecule has 13 heavy (non-hydrogen) atoms. The molecule has 2 nitrogen and oxygen atoms in total. The average Bonchev–Trinajstić information content (AvgIpc) is 2.54. The molecule has 0 spiro atoms. The monoisotopic (exact) mass is 192 g/mol. The maximum Gasteiger partial charge on any atom is 0.0721 e. The largest absolute Gasteiger partial charge is 0.247 e. The van der Waals surface area contributed by atoms with Crippen LogP contribution >= 0.6 is 0 Å². The van der Waals surface area contributed by atoms with Crippen LogP contribution in [-0.2, 0) is 10.9 Å². The normalized spacial score (nSPS) is 21.9. The van der Waals surface area contributed by atoms with E-state index in [0.717, 1.165) is 12.2 Å². The number of allylic oxidation sites excluding steroid dienone is 1. The third kappa shape index (κ3) is 2.05. The van der Waals surface area contributed by atoms with E-state index in [2.05, 4.69) is 22.1 Å². The van der Waals surface area contributed by atoms with Gasteiger partial charge in [-0.05, 0) is 19.1 Å². The molecular formula is C10H12N2S. The zero-order valence-corrected chi connectivity index (χ0v) is 8.34. The minimum Gasteiger partial charge on any atom is -0.247 e. The van der Waals surface area contributed by atoms with Crippen LogP contribution in [0.3, 0.4) is 0 Å². The number of hydrogen-bond donors (Lipinski definition) is 1. The number of benzene rings is 1. The van der Waals surface area contributed by atoms with Gasteiger partial charge in [0.1, 0.15) is 0 Å². The molecular weight excluding hydrogens is 180 g/mol. The predicted molar refractivity (Wildman–Crippen MR) is 57.7 cm³/mol. The molecule has 0 saturated heterocycles. The molecule has 0 aliphatic carbocycles. The van der Waals surface area contributed by atoms with Crippen LogP contribution in [0.2, 0.25) is 0 Å². The van der Waals surface area contributed by atoms with Gasteiger partial charge in [0, 0.05) is 22.3 Å². The number of nitrogens with zero attached hydrogens (tertiary/aromatic N) is 1. The maximum atomic E-state index is 4.59. The zero-order chi connectivity index (χ0) is 9.10. The molecule has 1 atom stereocenters. The highest BCUT2D eigenvalue weighted by Crippen LogP contribution is 2.16. The lowest BCUT2D eigenvalue weighted by molar-refractivity contribution is 1.15. The lowest BCUT2D eigenvalue weighted by atomic mass is 10.3. The first-order valence-corrected chi connectivity index (χ1v) is 5.46. The van der Waals surface area contributed by atoms with E-state index in [4.69, 9.17) is 0 Å². The van der Waals surface area contributed by atoms with Crippen molar-refractivity contribution >= 4 is 16.6 Å². The third-order valence-electron chi connectivity index (χ3n) is 1.87. The maximum absolute atomic E-state index is 4.59. The topological polar surface area (TPSA) is 24.4 Å². The van der Waals surface area contributed by atoms with Gasteiger partial charge < -0.3 is 0 Å². The van der Waals surface area contributed by atoms with Gasteiger partial charge in [-0.25, -0.2) is 9.08 Å². The van der Waals surface area contributed by atoms with Crippen LogP contribution in [0.25, 0.3) is 0 Å². The summed E-state index contributed by atoms with van der Waals surface area (Å²) in [4.78, 5) is 1.34. The Morgan fingerprint density at radius 3 is 2.69 bits per heavy atom. The van der Waals surface area contributed by atoms with Gasteiger partial charge >= 0.3 is 0 Å². The fraction of sp³-hybridized carbons (Fsp3) is 0.200. The highest BCUT2D eigenvalue weighted by molar-refractivity contribution is 7.89. The van der Waals surface area contributed by atoms with Crippen LogP contribution in [-0.4, -0.2) is 6.54 Å². The summed E-state index contributed by atoms with van der Waals surface area (Å²) in [5.41, 5.74) is 1.05. The Balaban J connectivity index is 2.26. The summed E-state index contributed by atoms with van der Waals surface area (Å²) in [6.07, 6.45) is 2.19. The van der Waals surface area contributed by atoms with Gasteiger partial charge in [0.2, 0.25) is 0 Å². The second kappa shape index (κ2) is 3.85. The summed E-state index contributed by atoms with van der Waals surface area (Å²) >= 11 is 0. The SMILES string of the molecule is CC1=CCNS1=Nc1ccccc1. The number of hydrogen-bond acceptors (Lipinski definition) is 1. The second-order valence-electron chi connectivity index (χ2n) is 2.87. The number of nitrogens with one attached hydrogen (secondary N) is 1. The van der Waals surface area contributed by atoms with E-state index in [1.807, 2.05) is 30.3 Å². The van der Waals surface area contributed by atoms with Crippen molar-refractivity contribution in [2.24, 2.45) is 4.36 Å². The first-order chi connectivity index (χ1) is 6.36. The van der Waals surface area contributed by atoms with Crippen molar-refractivity contribution in [1.29, 1.82) is 0 Å². The fourth-order valence-electron chi connectivity index (χ4n) is 1.16. The van der Waals surface area contributed by atoms with E-state index in [-0.39, 0.29) is 10.9 Å². The van der Waals surface area contributed by atoms with Crippen molar-refractivity contribution in [2.75, 3.05) is 6.54 Å². The van der Waals surface area contributed by atoms with Crippen LogP contribution < -0.4 is 4.72 Å². The molecule has 68 valence electrons. The Labute approximate surface area is 80.9 Å². The molecule has 2 rings (SSSR count). The Hall–Kier alpha value is -0.930. The molecule has 1 aromatic carbocycles. The van der Waals surface area contributed by atoms with Gasteiger partial charge in [0.25, 0.3) is 0 Å². The first-order valence-electron chi connectivity index (χ1n) is 4.28. The van der Waals surface area contributed by atoms with Crippen molar-refractivity contribution in [3.05, 3.63) is 41.3 Å². The van der Waals surface area contributed by atoms with Crippen molar-refractivity contribution in [2.45, 2.75) is 6.92 Å². The predicted octanol–water partition coefficient (Wildman–Crippen LogP) is 2.54. The Morgan fingerprint density at radius 2 is 2.08 bits per heavy atom. The van der Waals surface area contributed by atoms with Crippen molar-refractivity contribution < 1.29 is 0 Å². The summed E-state index contributed by atoms with van der Waals surface area (Å²) in [5.74, 6) is 0. The molecule has 1 aliphatic rings. The van der Waals surface area contributed by atoms with E-state index >= 15 is 0 Å². The molecule has 0 bridgehead atoms. The van der Waals surface area contributed by atoms with Gasteiger partial charge in [-0.15, -0.1) is 0 Å². The van der Waals surface area contributed by atoms with Gasteiger partial charge in [0.05, 0.1) is 5.69 Å². The van der Waals surface area contributed by atoms with Gasteiger partial charge in [-0.1, -0.05) is 24.3 Å². The van der Waals surface area contributed by atoms with E-state index in [0.29, 0.717) is 0 Å². The minimum atomic E-state index is -0.0869.